The minimum absolute atomic E-state index is 0.0257. The van der Waals surface area contributed by atoms with Crippen LogP contribution in [0.5, 0.6) is 0 Å². The van der Waals surface area contributed by atoms with Gasteiger partial charge in [-0.05, 0) is 49.1 Å². The molecule has 3 nitrogen and oxygen atoms in total. The molecule has 0 fully saturated rings. The molecule has 2 rings (SSSR count). The smallest absolute Gasteiger partial charge is 0.222 e. The normalized spacial score (nSPS) is 13.4. The van der Waals surface area contributed by atoms with Gasteiger partial charge in [0, 0.05) is 23.5 Å². The van der Waals surface area contributed by atoms with Crippen LogP contribution in [0.2, 0.25) is 5.02 Å². The molecule has 2 unspecified atom stereocenters. The lowest BCUT2D eigenvalue weighted by Crippen LogP contribution is -2.35. The third kappa shape index (κ3) is 5.38. The van der Waals surface area contributed by atoms with Crippen LogP contribution >= 0.6 is 11.6 Å². The fourth-order valence-electron chi connectivity index (χ4n) is 2.67. The molecule has 0 spiro atoms. The predicted molar refractivity (Wildman–Crippen MR) is 95.5 cm³/mol. The van der Waals surface area contributed by atoms with Gasteiger partial charge in [-0.1, -0.05) is 48.0 Å². The highest BCUT2D eigenvalue weighted by Gasteiger charge is 2.15. The summed E-state index contributed by atoms with van der Waals surface area (Å²) in [6, 6.07) is 15.4. The predicted octanol–water partition coefficient (Wildman–Crippen LogP) is 3.79. The average molecular weight is 331 g/mol. The first-order chi connectivity index (χ1) is 11.0. The zero-order valence-electron chi connectivity index (χ0n) is 13.6. The van der Waals surface area contributed by atoms with E-state index >= 15 is 0 Å². The Hall–Kier alpha value is -1.84. The van der Waals surface area contributed by atoms with E-state index in [0.29, 0.717) is 0 Å². The number of hydrogen-bond donors (Lipinski definition) is 2. The van der Waals surface area contributed by atoms with Gasteiger partial charge in [-0.2, -0.15) is 0 Å². The highest BCUT2D eigenvalue weighted by atomic mass is 35.5. The second-order valence-electron chi connectivity index (χ2n) is 5.97. The van der Waals surface area contributed by atoms with Crippen molar-refractivity contribution in [2.24, 2.45) is 5.73 Å². The zero-order chi connectivity index (χ0) is 16.8. The maximum absolute atomic E-state index is 12.2. The average Bonchev–Trinajstić information content (AvgIpc) is 2.49. The molecule has 0 aliphatic rings. The third-order valence-electron chi connectivity index (χ3n) is 3.86. The van der Waals surface area contributed by atoms with E-state index in [1.807, 2.05) is 62.4 Å². The standard InChI is InChI=1S/C19H23ClN2O/c1-13-5-3-4-6-17(13)18(21)12-19(23)22-14(2)11-15-7-9-16(20)10-8-15/h3-10,14,18H,11-12,21H2,1-2H3,(H,22,23). The Bertz CT molecular complexity index is 655. The number of carbonyl (C=O) groups excluding carboxylic acids is 1. The zero-order valence-corrected chi connectivity index (χ0v) is 14.3. The minimum atomic E-state index is -0.279. The van der Waals surface area contributed by atoms with Crippen LogP contribution in [0.4, 0.5) is 0 Å². The number of nitrogens with two attached hydrogens (primary N) is 1. The fourth-order valence-corrected chi connectivity index (χ4v) is 2.80. The van der Waals surface area contributed by atoms with Gasteiger partial charge in [0.05, 0.1) is 0 Å². The lowest BCUT2D eigenvalue weighted by atomic mass is 9.99. The summed E-state index contributed by atoms with van der Waals surface area (Å²) in [4.78, 5) is 12.2. The Morgan fingerprint density at radius 2 is 1.83 bits per heavy atom. The first kappa shape index (κ1) is 17.5. The fraction of sp³-hybridized carbons (Fsp3) is 0.316. The van der Waals surface area contributed by atoms with Crippen LogP contribution in [-0.4, -0.2) is 11.9 Å². The highest BCUT2D eigenvalue weighted by Crippen LogP contribution is 2.18. The number of benzene rings is 2. The van der Waals surface area contributed by atoms with E-state index in [0.717, 1.165) is 28.1 Å². The van der Waals surface area contributed by atoms with Gasteiger partial charge >= 0.3 is 0 Å². The second kappa shape index (κ2) is 8.14. The maximum atomic E-state index is 12.2. The molecule has 4 heteroatoms. The van der Waals surface area contributed by atoms with Gasteiger partial charge in [0.25, 0.3) is 0 Å². The number of rotatable bonds is 6. The van der Waals surface area contributed by atoms with Crippen molar-refractivity contribution in [2.75, 3.05) is 0 Å². The van der Waals surface area contributed by atoms with E-state index in [4.69, 9.17) is 17.3 Å². The van der Waals surface area contributed by atoms with Crippen LogP contribution in [0.15, 0.2) is 48.5 Å². The van der Waals surface area contributed by atoms with Crippen molar-refractivity contribution in [1.82, 2.24) is 5.32 Å². The first-order valence-corrected chi connectivity index (χ1v) is 8.18. The molecule has 0 saturated carbocycles. The van der Waals surface area contributed by atoms with E-state index in [1.54, 1.807) is 0 Å². The molecule has 0 bridgehead atoms. The molecule has 0 heterocycles. The van der Waals surface area contributed by atoms with Gasteiger partial charge in [-0.3, -0.25) is 4.79 Å². The largest absolute Gasteiger partial charge is 0.353 e. The van der Waals surface area contributed by atoms with Crippen LogP contribution in [0.3, 0.4) is 0 Å². The van der Waals surface area contributed by atoms with E-state index < -0.39 is 0 Å². The topological polar surface area (TPSA) is 55.1 Å². The van der Waals surface area contributed by atoms with Gasteiger partial charge in [0.1, 0.15) is 0 Å². The van der Waals surface area contributed by atoms with Crippen molar-refractivity contribution in [3.63, 3.8) is 0 Å². The molecule has 1 amide bonds. The molecule has 0 aliphatic heterocycles. The molecular formula is C19H23ClN2O. The molecule has 122 valence electrons. The summed E-state index contributed by atoms with van der Waals surface area (Å²) in [5.74, 6) is -0.0257. The van der Waals surface area contributed by atoms with Crippen molar-refractivity contribution in [1.29, 1.82) is 0 Å². The number of amides is 1. The van der Waals surface area contributed by atoms with E-state index in [2.05, 4.69) is 5.32 Å². The van der Waals surface area contributed by atoms with Gasteiger partial charge in [0.2, 0.25) is 5.91 Å². The Kier molecular flexibility index (Phi) is 6.20. The highest BCUT2D eigenvalue weighted by molar-refractivity contribution is 6.30. The SMILES string of the molecule is Cc1ccccc1C(N)CC(=O)NC(C)Cc1ccc(Cl)cc1. The third-order valence-corrected chi connectivity index (χ3v) is 4.11. The number of nitrogens with one attached hydrogen (secondary N) is 1. The van der Waals surface area contributed by atoms with Crippen molar-refractivity contribution >= 4 is 17.5 Å². The maximum Gasteiger partial charge on any atom is 0.222 e. The van der Waals surface area contributed by atoms with Crippen LogP contribution in [0.25, 0.3) is 0 Å². The molecule has 23 heavy (non-hydrogen) atoms. The summed E-state index contributed by atoms with van der Waals surface area (Å²) < 4.78 is 0. The molecule has 2 aromatic carbocycles. The van der Waals surface area contributed by atoms with Crippen molar-refractivity contribution in [3.05, 3.63) is 70.2 Å². The number of halogens is 1. The van der Waals surface area contributed by atoms with Crippen molar-refractivity contribution in [3.8, 4) is 0 Å². The summed E-state index contributed by atoms with van der Waals surface area (Å²) in [5.41, 5.74) is 9.44. The summed E-state index contributed by atoms with van der Waals surface area (Å²) in [6.45, 7) is 4.00. The Balaban J connectivity index is 1.86. The Morgan fingerprint density at radius 1 is 1.17 bits per heavy atom. The molecule has 0 radical (unpaired) electrons. The van der Waals surface area contributed by atoms with E-state index in [1.165, 1.54) is 0 Å². The van der Waals surface area contributed by atoms with Crippen LogP contribution in [-0.2, 0) is 11.2 Å². The molecule has 0 saturated heterocycles. The van der Waals surface area contributed by atoms with Gasteiger partial charge in [-0.25, -0.2) is 0 Å². The van der Waals surface area contributed by atoms with Gasteiger partial charge in [0.15, 0.2) is 0 Å². The molecule has 0 aromatic heterocycles. The summed E-state index contributed by atoms with van der Waals surface area (Å²) in [7, 11) is 0. The molecule has 0 aliphatic carbocycles. The Morgan fingerprint density at radius 3 is 2.48 bits per heavy atom. The molecule has 2 aromatic rings. The quantitative estimate of drug-likeness (QED) is 0.846. The Labute approximate surface area is 142 Å². The summed E-state index contributed by atoms with van der Waals surface area (Å²) in [6.07, 6.45) is 1.05. The van der Waals surface area contributed by atoms with Crippen molar-refractivity contribution in [2.45, 2.75) is 38.8 Å². The minimum Gasteiger partial charge on any atom is -0.353 e. The number of aryl methyl sites for hydroxylation is 1. The van der Waals surface area contributed by atoms with Gasteiger partial charge < -0.3 is 11.1 Å². The molecular weight excluding hydrogens is 308 g/mol. The van der Waals surface area contributed by atoms with E-state index in [-0.39, 0.29) is 24.4 Å². The number of hydrogen-bond acceptors (Lipinski definition) is 2. The van der Waals surface area contributed by atoms with Crippen LogP contribution in [0.1, 0.15) is 36.1 Å². The summed E-state index contributed by atoms with van der Waals surface area (Å²) in [5, 5.41) is 3.73. The second-order valence-corrected chi connectivity index (χ2v) is 6.40. The van der Waals surface area contributed by atoms with E-state index in [9.17, 15) is 4.79 Å². The first-order valence-electron chi connectivity index (χ1n) is 7.80. The van der Waals surface area contributed by atoms with Crippen molar-refractivity contribution < 1.29 is 4.79 Å². The van der Waals surface area contributed by atoms with Gasteiger partial charge in [-0.15, -0.1) is 0 Å². The number of carbonyl (C=O) groups is 1. The molecule has 2 atom stereocenters. The molecule has 3 N–H and O–H groups in total. The summed E-state index contributed by atoms with van der Waals surface area (Å²) >= 11 is 5.88. The monoisotopic (exact) mass is 330 g/mol. The van der Waals surface area contributed by atoms with Crippen LogP contribution < -0.4 is 11.1 Å². The van der Waals surface area contributed by atoms with Crippen LogP contribution in [0, 0.1) is 6.92 Å². The lowest BCUT2D eigenvalue weighted by Gasteiger charge is -2.18. The lowest BCUT2D eigenvalue weighted by molar-refractivity contribution is -0.122.